The van der Waals surface area contributed by atoms with Crippen LogP contribution in [-0.2, 0) is 19.6 Å². The van der Waals surface area contributed by atoms with Crippen LogP contribution < -0.4 is 10.8 Å². The molecule has 0 aromatic rings. The molecule has 9 nitrogen and oxygen atoms in total. The SMILES string of the molecule is CC(C)C1CC1(C(=O)N[C@H](CO)C(C)(C)C)[C@H](CN(C)S(C)(=O)=O)C(=O)NO. The number of amides is 2. The lowest BCUT2D eigenvalue weighted by Gasteiger charge is -2.34. The van der Waals surface area contributed by atoms with E-state index in [1.54, 1.807) is 5.48 Å². The molecule has 2 amide bonds. The molecule has 0 heterocycles. The third-order valence-corrected chi connectivity index (χ3v) is 7.16. The number of aliphatic hydroxyl groups is 1. The van der Waals surface area contributed by atoms with Gasteiger partial charge in [0.1, 0.15) is 0 Å². The van der Waals surface area contributed by atoms with Gasteiger partial charge in [-0.2, -0.15) is 0 Å². The number of carbonyl (C=O) groups is 2. The highest BCUT2D eigenvalue weighted by Crippen LogP contribution is 2.61. The van der Waals surface area contributed by atoms with E-state index in [9.17, 15) is 28.3 Å². The summed E-state index contributed by atoms with van der Waals surface area (Å²) < 4.78 is 24.7. The van der Waals surface area contributed by atoms with Gasteiger partial charge in [-0.15, -0.1) is 0 Å². The topological polar surface area (TPSA) is 136 Å². The monoisotopic (exact) mass is 421 g/mol. The molecular formula is C18H35N3O6S. The normalized spacial score (nSPS) is 24.8. The van der Waals surface area contributed by atoms with E-state index >= 15 is 0 Å². The number of carbonyl (C=O) groups excluding carboxylic acids is 2. The zero-order chi connectivity index (χ0) is 22.1. The van der Waals surface area contributed by atoms with E-state index in [2.05, 4.69) is 5.32 Å². The molecule has 0 saturated heterocycles. The Hall–Kier alpha value is -1.23. The molecule has 0 radical (unpaired) electrons. The molecule has 0 spiro atoms. The lowest BCUT2D eigenvalue weighted by Crippen LogP contribution is -2.54. The molecule has 1 aliphatic rings. The van der Waals surface area contributed by atoms with Gasteiger partial charge in [0.15, 0.2) is 0 Å². The average Bonchev–Trinajstić information content (AvgIpc) is 3.31. The van der Waals surface area contributed by atoms with Crippen LogP contribution in [0.1, 0.15) is 41.0 Å². The lowest BCUT2D eigenvalue weighted by molar-refractivity contribution is -0.143. The van der Waals surface area contributed by atoms with Gasteiger partial charge in [-0.25, -0.2) is 18.2 Å². The summed E-state index contributed by atoms with van der Waals surface area (Å²) in [6.07, 6.45) is 1.41. The van der Waals surface area contributed by atoms with E-state index in [4.69, 9.17) is 0 Å². The fraction of sp³-hybridized carbons (Fsp3) is 0.889. The van der Waals surface area contributed by atoms with Crippen molar-refractivity contribution in [2.75, 3.05) is 26.5 Å². The Morgan fingerprint density at radius 1 is 1.29 bits per heavy atom. The molecular weight excluding hydrogens is 386 g/mol. The van der Waals surface area contributed by atoms with Gasteiger partial charge in [-0.3, -0.25) is 14.8 Å². The molecule has 1 saturated carbocycles. The van der Waals surface area contributed by atoms with Crippen LogP contribution >= 0.6 is 0 Å². The number of rotatable bonds is 9. The standard InChI is InChI=1S/C18H35N3O6S/c1-11(2)12-8-18(12,16(24)19-14(10-22)17(3,4)5)13(15(23)20-25)9-21(6)28(7,26)27/h11-14,22,25H,8-10H2,1-7H3,(H,19,24)(H,20,23)/t12?,13-,14-,18?/m1/s1. The van der Waals surface area contributed by atoms with Crippen LogP contribution in [0.3, 0.4) is 0 Å². The number of hydroxylamine groups is 1. The Balaban J connectivity index is 3.31. The van der Waals surface area contributed by atoms with Crippen molar-refractivity contribution in [1.29, 1.82) is 0 Å². The summed E-state index contributed by atoms with van der Waals surface area (Å²) in [4.78, 5) is 25.8. The van der Waals surface area contributed by atoms with Crippen LogP contribution in [-0.4, -0.2) is 67.3 Å². The van der Waals surface area contributed by atoms with E-state index < -0.39 is 44.6 Å². The van der Waals surface area contributed by atoms with Crippen LogP contribution in [0.5, 0.6) is 0 Å². The van der Waals surface area contributed by atoms with Crippen molar-refractivity contribution in [2.45, 2.75) is 47.1 Å². The quantitative estimate of drug-likeness (QED) is 0.310. The molecule has 0 aliphatic heterocycles. The third-order valence-electron chi connectivity index (χ3n) is 5.87. The number of hydrogen-bond donors (Lipinski definition) is 4. The van der Waals surface area contributed by atoms with Crippen LogP contribution in [0.2, 0.25) is 0 Å². The van der Waals surface area contributed by atoms with Crippen LogP contribution in [0.25, 0.3) is 0 Å². The lowest BCUT2D eigenvalue weighted by atomic mass is 9.81. The van der Waals surface area contributed by atoms with Gasteiger partial charge >= 0.3 is 0 Å². The minimum Gasteiger partial charge on any atom is -0.394 e. The maximum Gasteiger partial charge on any atom is 0.248 e. The Labute approximate surface area is 167 Å². The van der Waals surface area contributed by atoms with Crippen molar-refractivity contribution in [3.8, 4) is 0 Å². The van der Waals surface area contributed by atoms with Crippen molar-refractivity contribution < 1.29 is 28.3 Å². The molecule has 0 aromatic heterocycles. The van der Waals surface area contributed by atoms with Gasteiger partial charge in [0.2, 0.25) is 21.8 Å². The molecule has 0 aromatic carbocycles. The maximum atomic E-state index is 13.3. The smallest absolute Gasteiger partial charge is 0.248 e. The molecule has 10 heteroatoms. The predicted molar refractivity (Wildman–Crippen MR) is 105 cm³/mol. The highest BCUT2D eigenvalue weighted by Gasteiger charge is 2.67. The highest BCUT2D eigenvalue weighted by molar-refractivity contribution is 7.88. The average molecular weight is 422 g/mol. The second-order valence-corrected chi connectivity index (χ2v) is 11.3. The van der Waals surface area contributed by atoms with Crippen molar-refractivity contribution in [3.05, 3.63) is 0 Å². The summed E-state index contributed by atoms with van der Waals surface area (Å²) in [5, 5.41) is 21.8. The summed E-state index contributed by atoms with van der Waals surface area (Å²) in [5.41, 5.74) is 0.0253. The maximum absolute atomic E-state index is 13.3. The predicted octanol–water partition coefficient (Wildman–Crippen LogP) is 0.185. The van der Waals surface area contributed by atoms with Gasteiger partial charge < -0.3 is 10.4 Å². The van der Waals surface area contributed by atoms with Crippen LogP contribution in [0, 0.1) is 28.6 Å². The second kappa shape index (κ2) is 8.64. The molecule has 4 N–H and O–H groups in total. The van der Waals surface area contributed by atoms with Crippen molar-refractivity contribution in [3.63, 3.8) is 0 Å². The zero-order valence-electron chi connectivity index (χ0n) is 17.8. The van der Waals surface area contributed by atoms with E-state index in [0.717, 1.165) is 10.6 Å². The van der Waals surface area contributed by atoms with Gasteiger partial charge in [0.05, 0.1) is 30.2 Å². The van der Waals surface area contributed by atoms with Crippen LogP contribution in [0.4, 0.5) is 0 Å². The fourth-order valence-electron chi connectivity index (χ4n) is 3.73. The molecule has 1 rings (SSSR count). The Morgan fingerprint density at radius 2 is 1.82 bits per heavy atom. The number of nitrogens with zero attached hydrogens (tertiary/aromatic N) is 1. The van der Waals surface area contributed by atoms with E-state index in [0.29, 0.717) is 6.42 Å². The number of aliphatic hydroxyl groups excluding tert-OH is 1. The van der Waals surface area contributed by atoms with Gasteiger partial charge in [0.25, 0.3) is 0 Å². The Bertz CT molecular complexity index is 688. The van der Waals surface area contributed by atoms with E-state index in [1.165, 1.54) is 7.05 Å². The van der Waals surface area contributed by atoms with Gasteiger partial charge in [-0.05, 0) is 23.7 Å². The first-order valence-electron chi connectivity index (χ1n) is 9.40. The molecule has 1 aliphatic carbocycles. The van der Waals surface area contributed by atoms with Crippen molar-refractivity contribution >= 4 is 21.8 Å². The van der Waals surface area contributed by atoms with E-state index in [1.807, 2.05) is 34.6 Å². The number of hydrogen-bond acceptors (Lipinski definition) is 6. The largest absolute Gasteiger partial charge is 0.394 e. The summed E-state index contributed by atoms with van der Waals surface area (Å²) in [6, 6.07) is -0.532. The Morgan fingerprint density at radius 3 is 2.14 bits per heavy atom. The first-order chi connectivity index (χ1) is 12.6. The molecule has 164 valence electrons. The second-order valence-electron chi connectivity index (χ2n) is 9.24. The molecule has 2 unspecified atom stereocenters. The molecule has 0 bridgehead atoms. The minimum absolute atomic E-state index is 0.0745. The zero-order valence-corrected chi connectivity index (χ0v) is 18.6. The first kappa shape index (κ1) is 24.8. The van der Waals surface area contributed by atoms with Gasteiger partial charge in [0, 0.05) is 13.6 Å². The first-order valence-corrected chi connectivity index (χ1v) is 11.2. The Kier molecular flexibility index (Phi) is 7.66. The third kappa shape index (κ3) is 5.22. The van der Waals surface area contributed by atoms with Gasteiger partial charge in [-0.1, -0.05) is 34.6 Å². The van der Waals surface area contributed by atoms with E-state index in [-0.39, 0.29) is 25.0 Å². The molecule has 4 atom stereocenters. The van der Waals surface area contributed by atoms with Crippen molar-refractivity contribution in [1.82, 2.24) is 15.1 Å². The summed E-state index contributed by atoms with van der Waals surface area (Å²) >= 11 is 0. The summed E-state index contributed by atoms with van der Waals surface area (Å²) in [7, 11) is -2.26. The minimum atomic E-state index is -3.59. The molecule has 28 heavy (non-hydrogen) atoms. The number of sulfonamides is 1. The van der Waals surface area contributed by atoms with Crippen LogP contribution in [0.15, 0.2) is 0 Å². The summed E-state index contributed by atoms with van der Waals surface area (Å²) in [6.45, 7) is 9.00. The highest BCUT2D eigenvalue weighted by atomic mass is 32.2. The number of nitrogens with one attached hydrogen (secondary N) is 2. The summed E-state index contributed by atoms with van der Waals surface area (Å²) in [5.74, 6) is -2.35. The molecule has 1 fully saturated rings. The van der Waals surface area contributed by atoms with Crippen molar-refractivity contribution in [2.24, 2.45) is 28.6 Å². The fourth-order valence-corrected chi connectivity index (χ4v) is 4.15.